The van der Waals surface area contributed by atoms with E-state index in [1.54, 1.807) is 7.11 Å². The first-order valence-electron chi connectivity index (χ1n) is 4.79. The van der Waals surface area contributed by atoms with E-state index in [2.05, 4.69) is 15.5 Å². The number of hydrogen-bond donors (Lipinski definition) is 1. The molecule has 0 saturated carbocycles. The molecule has 0 aromatic carbocycles. The summed E-state index contributed by atoms with van der Waals surface area (Å²) >= 11 is 0. The highest BCUT2D eigenvalue weighted by Gasteiger charge is 2.29. The molecule has 0 spiro atoms. The summed E-state index contributed by atoms with van der Waals surface area (Å²) in [6, 6.07) is 0.444. The molecule has 1 N–H and O–H groups in total. The van der Waals surface area contributed by atoms with Crippen molar-refractivity contribution in [2.45, 2.75) is 32.8 Å². The fraction of sp³-hybridized carbons (Fsp3) is 0.778. The summed E-state index contributed by atoms with van der Waals surface area (Å²) in [4.78, 5) is 4.20. The molecule has 1 unspecified atom stereocenters. The molecule has 1 atom stereocenters. The normalized spacial score (nSPS) is 15.1. The van der Waals surface area contributed by atoms with E-state index in [0.29, 0.717) is 11.8 Å². The van der Waals surface area contributed by atoms with Crippen LogP contribution in [0.1, 0.15) is 33.0 Å². The van der Waals surface area contributed by atoms with E-state index >= 15 is 0 Å². The van der Waals surface area contributed by atoms with Gasteiger partial charge in [0.05, 0.1) is 0 Å². The minimum absolute atomic E-state index is 0.444. The zero-order valence-electron chi connectivity index (χ0n) is 9.13. The van der Waals surface area contributed by atoms with Gasteiger partial charge in [-0.25, -0.2) is 0 Å². The smallest absolute Gasteiger partial charge is 0.321 e. The number of rotatable bonds is 5. The zero-order valence-corrected chi connectivity index (χ0v) is 9.13. The van der Waals surface area contributed by atoms with E-state index in [4.69, 9.17) is 9.26 Å². The molecule has 0 saturated heterocycles. The maximum absolute atomic E-state index is 5.35. The lowest BCUT2D eigenvalue weighted by atomic mass is 10.0. The van der Waals surface area contributed by atoms with Crippen LogP contribution in [0, 0.1) is 0 Å². The first-order valence-corrected chi connectivity index (χ1v) is 4.79. The highest BCUT2D eigenvalue weighted by atomic mass is 16.5. The van der Waals surface area contributed by atoms with Gasteiger partial charge in [0, 0.05) is 13.7 Å². The molecule has 1 aromatic heterocycles. The minimum atomic E-state index is -0.461. The van der Waals surface area contributed by atoms with E-state index < -0.39 is 5.60 Å². The van der Waals surface area contributed by atoms with Gasteiger partial charge in [0.1, 0.15) is 5.60 Å². The highest BCUT2D eigenvalue weighted by Crippen LogP contribution is 2.26. The van der Waals surface area contributed by atoms with Gasteiger partial charge in [-0.15, -0.1) is 0 Å². The first kappa shape index (κ1) is 11.0. The van der Waals surface area contributed by atoms with Crippen LogP contribution in [0.5, 0.6) is 0 Å². The van der Waals surface area contributed by atoms with E-state index in [-0.39, 0.29) is 0 Å². The Labute approximate surface area is 83.8 Å². The lowest BCUT2D eigenvalue weighted by Gasteiger charge is -2.21. The van der Waals surface area contributed by atoms with Gasteiger partial charge in [0.2, 0.25) is 5.82 Å². The average Bonchev–Trinajstić information content (AvgIpc) is 2.66. The lowest BCUT2D eigenvalue weighted by Crippen LogP contribution is -2.24. The van der Waals surface area contributed by atoms with E-state index in [1.807, 2.05) is 20.8 Å². The Morgan fingerprint density at radius 2 is 2.21 bits per heavy atom. The number of aromatic nitrogens is 2. The van der Waals surface area contributed by atoms with Crippen LogP contribution in [-0.4, -0.2) is 23.8 Å². The van der Waals surface area contributed by atoms with Crippen LogP contribution in [0.15, 0.2) is 4.52 Å². The standard InChI is InChI=1S/C9H17N3O2/c1-5-9(3,13-4)7-11-8(10-6-2)14-12-7/h5-6H2,1-4H3,(H,10,11,12). The van der Waals surface area contributed by atoms with Gasteiger partial charge in [0.15, 0.2) is 0 Å². The molecule has 0 fully saturated rings. The van der Waals surface area contributed by atoms with Gasteiger partial charge < -0.3 is 14.6 Å². The fourth-order valence-corrected chi connectivity index (χ4v) is 1.06. The molecule has 14 heavy (non-hydrogen) atoms. The second-order valence-electron chi connectivity index (χ2n) is 3.24. The average molecular weight is 199 g/mol. The molecule has 0 aliphatic carbocycles. The maximum atomic E-state index is 5.35. The molecule has 0 aliphatic heterocycles. The summed E-state index contributed by atoms with van der Waals surface area (Å²) in [5.41, 5.74) is -0.461. The van der Waals surface area contributed by atoms with Gasteiger partial charge in [-0.05, 0) is 20.3 Å². The number of hydrogen-bond acceptors (Lipinski definition) is 5. The second-order valence-corrected chi connectivity index (χ2v) is 3.24. The molecule has 1 rings (SSSR count). The summed E-state index contributed by atoms with van der Waals surface area (Å²) in [6.45, 7) is 6.69. The highest BCUT2D eigenvalue weighted by molar-refractivity contribution is 5.19. The Morgan fingerprint density at radius 3 is 2.71 bits per heavy atom. The third kappa shape index (κ3) is 2.04. The predicted octanol–water partition coefficient (Wildman–Crippen LogP) is 1.77. The number of methoxy groups -OCH3 is 1. The van der Waals surface area contributed by atoms with Crippen LogP contribution in [-0.2, 0) is 10.3 Å². The van der Waals surface area contributed by atoms with Crippen LogP contribution in [0.4, 0.5) is 6.01 Å². The Kier molecular flexibility index (Phi) is 3.46. The summed E-state index contributed by atoms with van der Waals surface area (Å²) in [7, 11) is 1.65. The summed E-state index contributed by atoms with van der Waals surface area (Å²) < 4.78 is 10.4. The van der Waals surface area contributed by atoms with Crippen LogP contribution in [0.25, 0.3) is 0 Å². The van der Waals surface area contributed by atoms with Crippen molar-refractivity contribution in [2.24, 2.45) is 0 Å². The molecule has 1 aromatic rings. The number of nitrogens with zero attached hydrogens (tertiary/aromatic N) is 2. The quantitative estimate of drug-likeness (QED) is 0.783. The summed E-state index contributed by atoms with van der Waals surface area (Å²) in [5.74, 6) is 0.582. The van der Waals surface area contributed by atoms with Gasteiger partial charge in [-0.1, -0.05) is 12.1 Å². The van der Waals surface area contributed by atoms with Crippen LogP contribution >= 0.6 is 0 Å². The third-order valence-electron chi connectivity index (χ3n) is 2.35. The topological polar surface area (TPSA) is 60.2 Å². The monoisotopic (exact) mass is 199 g/mol. The van der Waals surface area contributed by atoms with Gasteiger partial charge >= 0.3 is 6.01 Å². The van der Waals surface area contributed by atoms with Crippen LogP contribution in [0.3, 0.4) is 0 Å². The molecular weight excluding hydrogens is 182 g/mol. The maximum Gasteiger partial charge on any atom is 0.321 e. The van der Waals surface area contributed by atoms with Crippen LogP contribution < -0.4 is 5.32 Å². The van der Waals surface area contributed by atoms with Gasteiger partial charge in [-0.3, -0.25) is 0 Å². The van der Waals surface area contributed by atoms with Crippen LogP contribution in [0.2, 0.25) is 0 Å². The number of anilines is 1. The molecule has 0 radical (unpaired) electrons. The second kappa shape index (κ2) is 4.41. The largest absolute Gasteiger partial charge is 0.370 e. The Morgan fingerprint density at radius 1 is 1.50 bits per heavy atom. The lowest BCUT2D eigenvalue weighted by molar-refractivity contribution is -0.0106. The molecule has 5 nitrogen and oxygen atoms in total. The van der Waals surface area contributed by atoms with Crippen molar-refractivity contribution >= 4 is 6.01 Å². The molecular formula is C9H17N3O2. The minimum Gasteiger partial charge on any atom is -0.370 e. The summed E-state index contributed by atoms with van der Waals surface area (Å²) in [5, 5.41) is 6.83. The SMILES string of the molecule is CCNc1nc(C(C)(CC)OC)no1. The van der Waals surface area contributed by atoms with Gasteiger partial charge in [-0.2, -0.15) is 4.98 Å². The van der Waals surface area contributed by atoms with Crippen molar-refractivity contribution in [3.63, 3.8) is 0 Å². The summed E-state index contributed by atoms with van der Waals surface area (Å²) in [6.07, 6.45) is 0.800. The molecule has 0 amide bonds. The van der Waals surface area contributed by atoms with E-state index in [9.17, 15) is 0 Å². The number of nitrogens with one attached hydrogen (secondary N) is 1. The van der Waals surface area contributed by atoms with Crippen molar-refractivity contribution in [1.29, 1.82) is 0 Å². The molecule has 1 heterocycles. The van der Waals surface area contributed by atoms with Crippen molar-refractivity contribution in [2.75, 3.05) is 19.0 Å². The predicted molar refractivity (Wildman–Crippen MR) is 53.1 cm³/mol. The fourth-order valence-electron chi connectivity index (χ4n) is 1.06. The van der Waals surface area contributed by atoms with Gasteiger partial charge in [0.25, 0.3) is 0 Å². The Hall–Kier alpha value is -1.10. The first-order chi connectivity index (χ1) is 6.66. The molecule has 0 aliphatic rings. The van der Waals surface area contributed by atoms with Crippen molar-refractivity contribution < 1.29 is 9.26 Å². The number of ether oxygens (including phenoxy) is 1. The van der Waals surface area contributed by atoms with E-state index in [0.717, 1.165) is 13.0 Å². The molecule has 80 valence electrons. The van der Waals surface area contributed by atoms with Crippen molar-refractivity contribution in [3.05, 3.63) is 5.82 Å². The van der Waals surface area contributed by atoms with Crippen molar-refractivity contribution in [1.82, 2.24) is 10.1 Å². The Balaban J connectivity index is 2.84. The third-order valence-corrected chi connectivity index (χ3v) is 2.35. The Bertz CT molecular complexity index is 281. The molecule has 0 bridgehead atoms. The van der Waals surface area contributed by atoms with Crippen molar-refractivity contribution in [3.8, 4) is 0 Å². The van der Waals surface area contributed by atoms with E-state index in [1.165, 1.54) is 0 Å². The zero-order chi connectivity index (χ0) is 10.6. The molecule has 5 heteroatoms.